The Labute approximate surface area is 95.6 Å². The number of nitrogens with one attached hydrogen (secondary N) is 1. The SMILES string of the molecule is CCC(CCl)NC(=O)c1ccc(C)cc1. The van der Waals surface area contributed by atoms with E-state index in [1.165, 1.54) is 0 Å². The zero-order valence-corrected chi connectivity index (χ0v) is 9.84. The highest BCUT2D eigenvalue weighted by Crippen LogP contribution is 2.04. The predicted molar refractivity (Wildman–Crippen MR) is 63.4 cm³/mol. The predicted octanol–water partition coefficient (Wildman–Crippen LogP) is 2.74. The third kappa shape index (κ3) is 3.56. The van der Waals surface area contributed by atoms with E-state index in [1.807, 2.05) is 38.1 Å². The molecule has 1 aromatic carbocycles. The van der Waals surface area contributed by atoms with E-state index in [1.54, 1.807) is 0 Å². The van der Waals surface area contributed by atoms with E-state index >= 15 is 0 Å². The average molecular weight is 226 g/mol. The molecule has 15 heavy (non-hydrogen) atoms. The summed E-state index contributed by atoms with van der Waals surface area (Å²) in [5.74, 6) is 0.399. The first-order chi connectivity index (χ1) is 7.17. The fraction of sp³-hybridized carbons (Fsp3) is 0.417. The number of amides is 1. The van der Waals surface area contributed by atoms with Crippen LogP contribution in [0.2, 0.25) is 0 Å². The Morgan fingerprint density at radius 2 is 2.00 bits per heavy atom. The molecule has 1 N–H and O–H groups in total. The molecule has 2 nitrogen and oxygen atoms in total. The topological polar surface area (TPSA) is 29.1 Å². The Kier molecular flexibility index (Phi) is 4.63. The Bertz CT molecular complexity index is 317. The average Bonchev–Trinajstić information content (AvgIpc) is 2.26. The van der Waals surface area contributed by atoms with Crippen molar-refractivity contribution in [2.75, 3.05) is 5.88 Å². The van der Waals surface area contributed by atoms with Crippen LogP contribution in [-0.2, 0) is 0 Å². The van der Waals surface area contributed by atoms with Gasteiger partial charge in [-0.25, -0.2) is 0 Å². The maximum absolute atomic E-state index is 11.7. The summed E-state index contributed by atoms with van der Waals surface area (Å²) in [6.45, 7) is 4.00. The molecule has 1 amide bonds. The van der Waals surface area contributed by atoms with Crippen LogP contribution < -0.4 is 5.32 Å². The highest BCUT2D eigenvalue weighted by Gasteiger charge is 2.10. The lowest BCUT2D eigenvalue weighted by molar-refractivity contribution is 0.0940. The van der Waals surface area contributed by atoms with Crippen LogP contribution in [0.25, 0.3) is 0 Å². The van der Waals surface area contributed by atoms with E-state index in [0.717, 1.165) is 12.0 Å². The molecule has 1 unspecified atom stereocenters. The summed E-state index contributed by atoms with van der Waals surface area (Å²) < 4.78 is 0. The summed E-state index contributed by atoms with van der Waals surface area (Å²) in [6, 6.07) is 7.56. The van der Waals surface area contributed by atoms with Gasteiger partial charge in [0.1, 0.15) is 0 Å². The molecule has 0 heterocycles. The number of carbonyl (C=O) groups excluding carboxylic acids is 1. The highest BCUT2D eigenvalue weighted by atomic mass is 35.5. The quantitative estimate of drug-likeness (QED) is 0.785. The molecule has 0 saturated heterocycles. The van der Waals surface area contributed by atoms with E-state index in [-0.39, 0.29) is 11.9 Å². The van der Waals surface area contributed by atoms with Crippen molar-refractivity contribution in [3.8, 4) is 0 Å². The van der Waals surface area contributed by atoms with Gasteiger partial charge in [-0.05, 0) is 25.5 Å². The van der Waals surface area contributed by atoms with E-state index in [4.69, 9.17) is 11.6 Å². The van der Waals surface area contributed by atoms with Crippen molar-refractivity contribution in [1.82, 2.24) is 5.32 Å². The van der Waals surface area contributed by atoms with Crippen LogP contribution in [0.3, 0.4) is 0 Å². The third-order valence-electron chi connectivity index (χ3n) is 2.33. The first kappa shape index (κ1) is 12.1. The largest absolute Gasteiger partial charge is 0.348 e. The van der Waals surface area contributed by atoms with Gasteiger partial charge in [-0.3, -0.25) is 4.79 Å². The van der Waals surface area contributed by atoms with Crippen LogP contribution in [0, 0.1) is 6.92 Å². The lowest BCUT2D eigenvalue weighted by Crippen LogP contribution is -2.35. The van der Waals surface area contributed by atoms with Gasteiger partial charge in [0.2, 0.25) is 0 Å². The molecule has 3 heteroatoms. The van der Waals surface area contributed by atoms with Gasteiger partial charge in [-0.1, -0.05) is 24.6 Å². The second kappa shape index (κ2) is 5.76. The zero-order valence-electron chi connectivity index (χ0n) is 9.09. The van der Waals surface area contributed by atoms with Crippen LogP contribution in [0.4, 0.5) is 0 Å². The Morgan fingerprint density at radius 1 is 1.40 bits per heavy atom. The second-order valence-corrected chi connectivity index (χ2v) is 3.91. The summed E-state index contributed by atoms with van der Waals surface area (Å²) in [6.07, 6.45) is 0.848. The Hall–Kier alpha value is -1.02. The van der Waals surface area contributed by atoms with E-state index in [9.17, 15) is 4.79 Å². The number of rotatable bonds is 4. The van der Waals surface area contributed by atoms with E-state index < -0.39 is 0 Å². The summed E-state index contributed by atoms with van der Waals surface area (Å²) in [5.41, 5.74) is 1.83. The molecule has 82 valence electrons. The highest BCUT2D eigenvalue weighted by molar-refractivity contribution is 6.18. The van der Waals surface area contributed by atoms with Crippen molar-refractivity contribution < 1.29 is 4.79 Å². The van der Waals surface area contributed by atoms with Gasteiger partial charge in [0.05, 0.1) is 0 Å². The molecule has 0 aromatic heterocycles. The molecule has 1 rings (SSSR count). The number of halogens is 1. The van der Waals surface area contributed by atoms with E-state index in [2.05, 4.69) is 5.32 Å². The monoisotopic (exact) mass is 225 g/mol. The van der Waals surface area contributed by atoms with Gasteiger partial charge in [0.15, 0.2) is 0 Å². The fourth-order valence-corrected chi connectivity index (χ4v) is 1.52. The number of hydrogen-bond donors (Lipinski definition) is 1. The summed E-state index contributed by atoms with van der Waals surface area (Å²) in [5, 5.41) is 2.88. The molecule has 0 fully saturated rings. The molecule has 0 aliphatic carbocycles. The molecule has 0 radical (unpaired) electrons. The lowest BCUT2D eigenvalue weighted by atomic mass is 10.1. The van der Waals surface area contributed by atoms with Crippen molar-refractivity contribution in [2.45, 2.75) is 26.3 Å². The van der Waals surface area contributed by atoms with Gasteiger partial charge in [0.25, 0.3) is 5.91 Å². The fourth-order valence-electron chi connectivity index (χ4n) is 1.22. The molecular formula is C12H16ClNO. The smallest absolute Gasteiger partial charge is 0.251 e. The minimum absolute atomic E-state index is 0.0532. The number of benzene rings is 1. The normalized spacial score (nSPS) is 12.2. The minimum atomic E-state index is -0.0532. The van der Waals surface area contributed by atoms with Gasteiger partial charge in [0, 0.05) is 17.5 Å². The van der Waals surface area contributed by atoms with Crippen molar-refractivity contribution >= 4 is 17.5 Å². The van der Waals surface area contributed by atoms with Crippen LogP contribution in [0.15, 0.2) is 24.3 Å². The van der Waals surface area contributed by atoms with Crippen molar-refractivity contribution in [3.63, 3.8) is 0 Å². The van der Waals surface area contributed by atoms with Crippen LogP contribution in [0.1, 0.15) is 29.3 Å². The van der Waals surface area contributed by atoms with Gasteiger partial charge >= 0.3 is 0 Å². The second-order valence-electron chi connectivity index (χ2n) is 3.60. The van der Waals surface area contributed by atoms with Gasteiger partial charge in [-0.2, -0.15) is 0 Å². The minimum Gasteiger partial charge on any atom is -0.348 e. The first-order valence-electron chi connectivity index (χ1n) is 5.11. The lowest BCUT2D eigenvalue weighted by Gasteiger charge is -2.13. The van der Waals surface area contributed by atoms with Crippen molar-refractivity contribution in [3.05, 3.63) is 35.4 Å². The number of hydrogen-bond acceptors (Lipinski definition) is 1. The number of aryl methyl sites for hydroxylation is 1. The van der Waals surface area contributed by atoms with Crippen molar-refractivity contribution in [2.24, 2.45) is 0 Å². The summed E-state index contributed by atoms with van der Waals surface area (Å²) in [7, 11) is 0. The van der Waals surface area contributed by atoms with Crippen LogP contribution >= 0.6 is 11.6 Å². The molecule has 0 saturated carbocycles. The molecule has 1 aromatic rings. The third-order valence-corrected chi connectivity index (χ3v) is 2.70. The van der Waals surface area contributed by atoms with Crippen molar-refractivity contribution in [1.29, 1.82) is 0 Å². The number of alkyl halides is 1. The molecule has 0 aliphatic heterocycles. The molecule has 1 atom stereocenters. The molecule has 0 bridgehead atoms. The zero-order chi connectivity index (χ0) is 11.3. The maximum Gasteiger partial charge on any atom is 0.251 e. The van der Waals surface area contributed by atoms with Gasteiger partial charge in [-0.15, -0.1) is 11.6 Å². The summed E-state index contributed by atoms with van der Waals surface area (Å²) in [4.78, 5) is 11.7. The molecule has 0 spiro atoms. The maximum atomic E-state index is 11.7. The van der Waals surface area contributed by atoms with Gasteiger partial charge < -0.3 is 5.32 Å². The number of carbonyl (C=O) groups is 1. The Morgan fingerprint density at radius 3 is 2.47 bits per heavy atom. The molecule has 0 aliphatic rings. The Balaban J connectivity index is 2.64. The standard InChI is InChI=1S/C12H16ClNO/c1-3-11(8-13)14-12(15)10-6-4-9(2)5-7-10/h4-7,11H,3,8H2,1-2H3,(H,14,15). The van der Waals surface area contributed by atoms with Crippen LogP contribution in [-0.4, -0.2) is 17.8 Å². The molecular weight excluding hydrogens is 210 g/mol. The summed E-state index contributed by atoms with van der Waals surface area (Å²) >= 11 is 5.71. The first-order valence-corrected chi connectivity index (χ1v) is 5.64. The van der Waals surface area contributed by atoms with E-state index in [0.29, 0.717) is 11.4 Å². The van der Waals surface area contributed by atoms with Crippen LogP contribution in [0.5, 0.6) is 0 Å².